The first kappa shape index (κ1) is 17.0. The van der Waals surface area contributed by atoms with Crippen LogP contribution in [-0.4, -0.2) is 61.2 Å². The van der Waals surface area contributed by atoms with E-state index >= 15 is 0 Å². The minimum Gasteiger partial charge on any atom is -0.385 e. The predicted octanol–water partition coefficient (Wildman–Crippen LogP) is 1.53. The number of rotatable bonds is 7. The molecule has 1 unspecified atom stereocenters. The number of aromatic nitrogens is 3. The Kier molecular flexibility index (Phi) is 5.52. The van der Waals surface area contributed by atoms with E-state index in [1.807, 2.05) is 12.3 Å². The maximum atomic E-state index is 5.44. The third-order valence-electron chi connectivity index (χ3n) is 4.27. The number of morpholine rings is 1. The second-order valence-electron chi connectivity index (χ2n) is 6.03. The number of aryl methyl sites for hydroxylation is 1. The largest absolute Gasteiger partial charge is 0.385 e. The second kappa shape index (κ2) is 7.81. The first-order chi connectivity index (χ1) is 11.8. The Labute approximate surface area is 142 Å². The molecule has 1 aromatic heterocycles. The molecule has 3 rings (SSSR count). The van der Waals surface area contributed by atoms with Crippen LogP contribution in [0.3, 0.4) is 0 Å². The third kappa shape index (κ3) is 3.62. The molecule has 1 saturated heterocycles. The van der Waals surface area contributed by atoms with Crippen molar-refractivity contribution in [3.63, 3.8) is 0 Å². The molecule has 3 heterocycles. The number of hydrogen-bond acceptors (Lipinski definition) is 7. The van der Waals surface area contributed by atoms with Gasteiger partial charge in [0.2, 0.25) is 5.95 Å². The number of allylic oxidation sites excluding steroid dienone is 1. The quantitative estimate of drug-likeness (QED) is 0.754. The van der Waals surface area contributed by atoms with E-state index in [4.69, 9.17) is 19.4 Å². The number of methoxy groups -OCH3 is 1. The average molecular weight is 331 g/mol. The van der Waals surface area contributed by atoms with Crippen LogP contribution in [0.2, 0.25) is 0 Å². The Morgan fingerprint density at radius 1 is 1.25 bits per heavy atom. The number of aliphatic imine (C=N–C) groups is 1. The fourth-order valence-corrected chi connectivity index (χ4v) is 2.91. The Morgan fingerprint density at radius 2 is 2.08 bits per heavy atom. The van der Waals surface area contributed by atoms with Gasteiger partial charge < -0.3 is 14.4 Å². The van der Waals surface area contributed by atoms with Gasteiger partial charge in [-0.2, -0.15) is 9.97 Å². The first-order valence-electron chi connectivity index (χ1n) is 8.57. The van der Waals surface area contributed by atoms with E-state index in [1.54, 1.807) is 7.11 Å². The van der Waals surface area contributed by atoms with Crippen molar-refractivity contribution in [3.05, 3.63) is 23.8 Å². The van der Waals surface area contributed by atoms with Gasteiger partial charge in [0.15, 0.2) is 5.82 Å². The van der Waals surface area contributed by atoms with Crippen LogP contribution in [0.5, 0.6) is 0 Å². The van der Waals surface area contributed by atoms with Crippen molar-refractivity contribution >= 4 is 12.2 Å². The molecule has 0 aliphatic carbocycles. The van der Waals surface area contributed by atoms with Gasteiger partial charge in [-0.05, 0) is 18.6 Å². The molecule has 130 valence electrons. The Bertz CT molecular complexity index is 599. The van der Waals surface area contributed by atoms with Crippen molar-refractivity contribution in [2.75, 3.05) is 44.9 Å². The summed E-state index contributed by atoms with van der Waals surface area (Å²) in [5.74, 6) is 2.28. The molecule has 1 aromatic rings. The highest BCUT2D eigenvalue weighted by Crippen LogP contribution is 2.32. The van der Waals surface area contributed by atoms with Crippen molar-refractivity contribution < 1.29 is 9.47 Å². The highest BCUT2D eigenvalue weighted by Gasteiger charge is 2.34. The minimum absolute atomic E-state index is 0.539. The monoisotopic (exact) mass is 331 g/mol. The van der Waals surface area contributed by atoms with Crippen LogP contribution in [0, 0.1) is 0 Å². The summed E-state index contributed by atoms with van der Waals surface area (Å²) in [5.41, 5.74) is -0.539. The molecule has 1 fully saturated rings. The van der Waals surface area contributed by atoms with Gasteiger partial charge in [0.25, 0.3) is 0 Å². The summed E-state index contributed by atoms with van der Waals surface area (Å²) in [4.78, 5) is 21.0. The molecule has 0 saturated carbocycles. The van der Waals surface area contributed by atoms with Gasteiger partial charge in [0.05, 0.1) is 13.2 Å². The standard InChI is InChI=1S/C17H25N5O2/c1-3-5-14-19-15(17(7-11-23-2)6-4-8-18-17)21-16(20-14)22-9-12-24-13-10-22/h4,6,8H,3,5,7,9-13H2,1-2H3. The molecule has 0 aromatic carbocycles. The van der Waals surface area contributed by atoms with Gasteiger partial charge in [-0.15, -0.1) is 0 Å². The molecule has 7 nitrogen and oxygen atoms in total. The van der Waals surface area contributed by atoms with E-state index in [0.717, 1.165) is 37.7 Å². The summed E-state index contributed by atoms with van der Waals surface area (Å²) >= 11 is 0. The lowest BCUT2D eigenvalue weighted by molar-refractivity contribution is 0.122. The van der Waals surface area contributed by atoms with Crippen molar-refractivity contribution in [2.45, 2.75) is 31.7 Å². The van der Waals surface area contributed by atoms with Crippen molar-refractivity contribution in [1.29, 1.82) is 0 Å². The zero-order valence-electron chi connectivity index (χ0n) is 14.4. The normalized spacial score (nSPS) is 23.2. The molecule has 0 spiro atoms. The van der Waals surface area contributed by atoms with Crippen LogP contribution >= 0.6 is 0 Å². The summed E-state index contributed by atoms with van der Waals surface area (Å²) in [5, 5.41) is 0. The summed E-state index contributed by atoms with van der Waals surface area (Å²) in [6.45, 7) is 5.75. The van der Waals surface area contributed by atoms with E-state index < -0.39 is 5.54 Å². The smallest absolute Gasteiger partial charge is 0.229 e. The van der Waals surface area contributed by atoms with Gasteiger partial charge in [0, 0.05) is 45.9 Å². The predicted molar refractivity (Wildman–Crippen MR) is 92.7 cm³/mol. The maximum absolute atomic E-state index is 5.44. The van der Waals surface area contributed by atoms with Crippen LogP contribution in [0.15, 0.2) is 17.1 Å². The molecule has 0 radical (unpaired) electrons. The van der Waals surface area contributed by atoms with Gasteiger partial charge >= 0.3 is 0 Å². The molecule has 1 atom stereocenters. The van der Waals surface area contributed by atoms with Gasteiger partial charge in [-0.3, -0.25) is 4.99 Å². The van der Waals surface area contributed by atoms with E-state index in [9.17, 15) is 0 Å². The van der Waals surface area contributed by atoms with Crippen LogP contribution < -0.4 is 4.90 Å². The molecule has 0 bridgehead atoms. The van der Waals surface area contributed by atoms with Gasteiger partial charge in [-0.25, -0.2) is 4.98 Å². The molecule has 24 heavy (non-hydrogen) atoms. The zero-order valence-corrected chi connectivity index (χ0v) is 14.4. The third-order valence-corrected chi connectivity index (χ3v) is 4.27. The van der Waals surface area contributed by atoms with Crippen molar-refractivity contribution in [3.8, 4) is 0 Å². The van der Waals surface area contributed by atoms with Crippen LogP contribution in [0.1, 0.15) is 31.4 Å². The maximum Gasteiger partial charge on any atom is 0.229 e. The number of hydrogen-bond donors (Lipinski definition) is 0. The Hall–Kier alpha value is -1.86. The lowest BCUT2D eigenvalue weighted by Gasteiger charge is -2.29. The number of anilines is 1. The van der Waals surface area contributed by atoms with Crippen molar-refractivity contribution in [1.82, 2.24) is 15.0 Å². The lowest BCUT2D eigenvalue weighted by atomic mass is 9.96. The van der Waals surface area contributed by atoms with E-state index in [-0.39, 0.29) is 0 Å². The molecule has 0 amide bonds. The summed E-state index contributed by atoms with van der Waals surface area (Å²) in [7, 11) is 1.70. The molecule has 2 aliphatic rings. The van der Waals surface area contributed by atoms with Crippen LogP contribution in [0.4, 0.5) is 5.95 Å². The Balaban J connectivity index is 1.97. The molecule has 0 N–H and O–H groups in total. The van der Waals surface area contributed by atoms with E-state index in [1.165, 1.54) is 0 Å². The van der Waals surface area contributed by atoms with Crippen LogP contribution in [0.25, 0.3) is 0 Å². The van der Waals surface area contributed by atoms with Gasteiger partial charge in [-0.1, -0.05) is 6.92 Å². The molecule has 2 aliphatic heterocycles. The number of nitrogens with zero attached hydrogens (tertiary/aromatic N) is 5. The summed E-state index contributed by atoms with van der Waals surface area (Å²) < 4.78 is 10.7. The molecular weight excluding hydrogens is 306 g/mol. The van der Waals surface area contributed by atoms with Crippen LogP contribution in [-0.2, 0) is 21.4 Å². The zero-order chi connectivity index (χ0) is 16.8. The second-order valence-corrected chi connectivity index (χ2v) is 6.03. The van der Waals surface area contributed by atoms with E-state index in [0.29, 0.717) is 32.1 Å². The lowest BCUT2D eigenvalue weighted by Crippen LogP contribution is -2.38. The van der Waals surface area contributed by atoms with Crippen molar-refractivity contribution in [2.24, 2.45) is 4.99 Å². The fourth-order valence-electron chi connectivity index (χ4n) is 2.91. The fraction of sp³-hybridized carbons (Fsp3) is 0.647. The summed E-state index contributed by atoms with van der Waals surface area (Å²) in [6, 6.07) is 0. The first-order valence-corrected chi connectivity index (χ1v) is 8.57. The van der Waals surface area contributed by atoms with E-state index in [2.05, 4.69) is 27.9 Å². The summed E-state index contributed by atoms with van der Waals surface area (Å²) in [6.07, 6.45) is 8.37. The SMILES string of the molecule is CCCc1nc(N2CCOCC2)nc(C2(CCOC)C=CC=N2)n1. The molecule has 7 heteroatoms. The average Bonchev–Trinajstić information content (AvgIpc) is 3.11. The Morgan fingerprint density at radius 3 is 2.75 bits per heavy atom. The molecular formula is C17H25N5O2. The minimum atomic E-state index is -0.539. The highest BCUT2D eigenvalue weighted by molar-refractivity contribution is 5.75. The van der Waals surface area contributed by atoms with Gasteiger partial charge in [0.1, 0.15) is 11.4 Å². The number of ether oxygens (including phenoxy) is 2. The highest BCUT2D eigenvalue weighted by atomic mass is 16.5. The topological polar surface area (TPSA) is 72.7 Å².